The van der Waals surface area contributed by atoms with E-state index in [1.54, 1.807) is 36.4 Å². The molecule has 0 aromatic heterocycles. The molecular formula is C17H13ClN2O5. The van der Waals surface area contributed by atoms with Gasteiger partial charge in [0.2, 0.25) is 13.0 Å². The molecule has 0 saturated heterocycles. The van der Waals surface area contributed by atoms with Crippen LogP contribution in [0.2, 0.25) is 5.02 Å². The van der Waals surface area contributed by atoms with E-state index >= 15 is 0 Å². The second-order valence-electron chi connectivity index (χ2n) is 5.51. The molecular weight excluding hydrogens is 348 g/mol. The van der Waals surface area contributed by atoms with Gasteiger partial charge in [-0.1, -0.05) is 29.8 Å². The molecule has 0 spiro atoms. The van der Waals surface area contributed by atoms with Crippen molar-refractivity contribution in [3.63, 3.8) is 0 Å². The third-order valence-electron chi connectivity index (χ3n) is 3.89. The first-order valence-electron chi connectivity index (χ1n) is 7.54. The highest BCUT2D eigenvalue weighted by Gasteiger charge is 2.31. The molecule has 0 radical (unpaired) electrons. The van der Waals surface area contributed by atoms with E-state index in [0.29, 0.717) is 27.6 Å². The fourth-order valence-electron chi connectivity index (χ4n) is 2.73. The zero-order valence-corrected chi connectivity index (χ0v) is 13.6. The van der Waals surface area contributed by atoms with Gasteiger partial charge >= 0.3 is 12.0 Å². The highest BCUT2D eigenvalue weighted by Crippen LogP contribution is 2.39. The molecule has 2 aliphatic rings. The van der Waals surface area contributed by atoms with Crippen molar-refractivity contribution < 1.29 is 23.8 Å². The molecule has 1 atom stereocenters. The van der Waals surface area contributed by atoms with Crippen molar-refractivity contribution in [1.82, 2.24) is 10.6 Å². The van der Waals surface area contributed by atoms with E-state index in [9.17, 15) is 9.59 Å². The Hall–Kier alpha value is -2.93. The average Bonchev–Trinajstić information content (AvgIpc) is 3.19. The predicted octanol–water partition coefficient (Wildman–Crippen LogP) is 2.74. The molecule has 2 N–H and O–H groups in total. The maximum absolute atomic E-state index is 12.1. The number of benzene rings is 2. The first kappa shape index (κ1) is 15.6. The van der Waals surface area contributed by atoms with Gasteiger partial charge in [0, 0.05) is 12.1 Å². The number of esters is 1. The number of cyclic esters (lactones) is 1. The van der Waals surface area contributed by atoms with Crippen LogP contribution in [0.15, 0.2) is 36.4 Å². The molecule has 2 aromatic rings. The van der Waals surface area contributed by atoms with E-state index in [1.165, 1.54) is 0 Å². The van der Waals surface area contributed by atoms with Crippen LogP contribution in [-0.2, 0) is 11.3 Å². The van der Waals surface area contributed by atoms with Gasteiger partial charge in [0.15, 0.2) is 11.5 Å². The Balaban J connectivity index is 1.39. The Morgan fingerprint density at radius 1 is 1.24 bits per heavy atom. The normalized spacial score (nSPS) is 17.0. The van der Waals surface area contributed by atoms with Crippen molar-refractivity contribution in [2.45, 2.75) is 12.8 Å². The predicted molar refractivity (Wildman–Crippen MR) is 87.5 cm³/mol. The van der Waals surface area contributed by atoms with Crippen LogP contribution in [0.25, 0.3) is 0 Å². The summed E-state index contributed by atoms with van der Waals surface area (Å²) in [7, 11) is 0. The van der Waals surface area contributed by atoms with Crippen molar-refractivity contribution >= 4 is 23.6 Å². The molecule has 4 rings (SSSR count). The summed E-state index contributed by atoms with van der Waals surface area (Å²) >= 11 is 6.11. The van der Waals surface area contributed by atoms with Crippen molar-refractivity contribution in [3.05, 3.63) is 58.1 Å². The van der Waals surface area contributed by atoms with Crippen LogP contribution in [0.3, 0.4) is 0 Å². The van der Waals surface area contributed by atoms with E-state index in [0.717, 1.165) is 5.56 Å². The van der Waals surface area contributed by atoms with Gasteiger partial charge < -0.3 is 19.5 Å². The van der Waals surface area contributed by atoms with Crippen LogP contribution in [0, 0.1) is 0 Å². The number of hydrogen-bond donors (Lipinski definition) is 2. The number of nitrogens with one attached hydrogen (secondary N) is 2. The molecule has 0 saturated carbocycles. The molecule has 0 fully saturated rings. The Morgan fingerprint density at radius 3 is 2.96 bits per heavy atom. The van der Waals surface area contributed by atoms with Gasteiger partial charge in [0.25, 0.3) is 0 Å². The van der Waals surface area contributed by atoms with Crippen LogP contribution in [0.1, 0.15) is 27.7 Å². The number of rotatable bonds is 3. The van der Waals surface area contributed by atoms with E-state index in [4.69, 9.17) is 25.8 Å². The summed E-state index contributed by atoms with van der Waals surface area (Å²) in [6.07, 6.45) is -0.802. The number of amides is 2. The lowest BCUT2D eigenvalue weighted by molar-refractivity contribution is 0.0337. The van der Waals surface area contributed by atoms with Gasteiger partial charge in [-0.3, -0.25) is 5.32 Å². The SMILES string of the molecule is O=C(NCc1cc(Cl)c2c(c1)OCO2)NC1OC(=O)c2ccccc21. The molecule has 0 bridgehead atoms. The third-order valence-corrected chi connectivity index (χ3v) is 4.17. The summed E-state index contributed by atoms with van der Waals surface area (Å²) in [6.45, 7) is 0.351. The third kappa shape index (κ3) is 2.94. The summed E-state index contributed by atoms with van der Waals surface area (Å²) in [5.74, 6) is 0.594. The van der Waals surface area contributed by atoms with Crippen molar-refractivity contribution in [1.29, 1.82) is 0 Å². The Morgan fingerprint density at radius 2 is 2.08 bits per heavy atom. The minimum Gasteiger partial charge on any atom is -0.454 e. The minimum absolute atomic E-state index is 0.124. The average molecular weight is 361 g/mol. The Kier molecular flexibility index (Phi) is 3.85. The quantitative estimate of drug-likeness (QED) is 0.822. The first-order chi connectivity index (χ1) is 12.1. The summed E-state index contributed by atoms with van der Waals surface area (Å²) in [5, 5.41) is 5.74. The minimum atomic E-state index is -0.802. The maximum Gasteiger partial charge on any atom is 0.340 e. The molecule has 2 amide bonds. The Bertz CT molecular complexity index is 870. The first-order valence-corrected chi connectivity index (χ1v) is 7.92. The molecule has 8 heteroatoms. The molecule has 2 heterocycles. The number of urea groups is 1. The number of ether oxygens (including phenoxy) is 3. The molecule has 128 valence electrons. The zero-order chi connectivity index (χ0) is 17.4. The lowest BCUT2D eigenvalue weighted by atomic mass is 10.1. The topological polar surface area (TPSA) is 85.9 Å². The van der Waals surface area contributed by atoms with E-state index in [1.807, 2.05) is 0 Å². The molecule has 2 aliphatic heterocycles. The van der Waals surface area contributed by atoms with Crippen molar-refractivity contribution in [2.75, 3.05) is 6.79 Å². The van der Waals surface area contributed by atoms with Gasteiger partial charge in [0.1, 0.15) is 0 Å². The van der Waals surface area contributed by atoms with Crippen molar-refractivity contribution in [3.8, 4) is 11.5 Å². The van der Waals surface area contributed by atoms with Crippen LogP contribution < -0.4 is 20.1 Å². The standard InChI is InChI=1S/C17H13ClN2O5/c18-12-5-9(6-13-14(12)24-8-23-13)7-19-17(22)20-15-10-3-1-2-4-11(10)16(21)25-15/h1-6,15H,7-8H2,(H2,19,20,22). The van der Waals surface area contributed by atoms with E-state index in [-0.39, 0.29) is 13.3 Å². The summed E-state index contributed by atoms with van der Waals surface area (Å²) in [5.41, 5.74) is 1.84. The second-order valence-corrected chi connectivity index (χ2v) is 5.92. The number of hydrogen-bond acceptors (Lipinski definition) is 5. The van der Waals surface area contributed by atoms with Gasteiger partial charge in [-0.05, 0) is 23.8 Å². The maximum atomic E-state index is 12.1. The van der Waals surface area contributed by atoms with Gasteiger partial charge in [-0.15, -0.1) is 0 Å². The monoisotopic (exact) mass is 360 g/mol. The van der Waals surface area contributed by atoms with Crippen LogP contribution in [0.5, 0.6) is 11.5 Å². The number of halogens is 1. The van der Waals surface area contributed by atoms with Crippen LogP contribution in [0.4, 0.5) is 4.79 Å². The summed E-state index contributed by atoms with van der Waals surface area (Å²) in [6, 6.07) is 9.89. The lowest BCUT2D eigenvalue weighted by Crippen LogP contribution is -2.37. The van der Waals surface area contributed by atoms with Crippen LogP contribution in [-0.4, -0.2) is 18.8 Å². The Labute approximate surface area is 147 Å². The summed E-state index contributed by atoms with van der Waals surface area (Å²) in [4.78, 5) is 23.9. The fourth-order valence-corrected chi connectivity index (χ4v) is 3.02. The molecule has 2 aromatic carbocycles. The van der Waals surface area contributed by atoms with Crippen LogP contribution >= 0.6 is 11.6 Å². The van der Waals surface area contributed by atoms with Gasteiger partial charge in [-0.2, -0.15) is 0 Å². The second kappa shape index (κ2) is 6.18. The highest BCUT2D eigenvalue weighted by molar-refractivity contribution is 6.32. The van der Waals surface area contributed by atoms with E-state index in [2.05, 4.69) is 10.6 Å². The van der Waals surface area contributed by atoms with Gasteiger partial charge in [-0.25, -0.2) is 9.59 Å². The lowest BCUT2D eigenvalue weighted by Gasteiger charge is -2.14. The molecule has 1 unspecified atom stereocenters. The van der Waals surface area contributed by atoms with Gasteiger partial charge in [0.05, 0.1) is 10.6 Å². The van der Waals surface area contributed by atoms with Crippen molar-refractivity contribution in [2.24, 2.45) is 0 Å². The van der Waals surface area contributed by atoms with E-state index < -0.39 is 18.2 Å². The molecule has 7 nitrogen and oxygen atoms in total. The molecule has 0 aliphatic carbocycles. The smallest absolute Gasteiger partial charge is 0.340 e. The molecule has 25 heavy (non-hydrogen) atoms. The number of carbonyl (C=O) groups is 2. The number of carbonyl (C=O) groups excluding carboxylic acids is 2. The highest BCUT2D eigenvalue weighted by atomic mass is 35.5. The number of fused-ring (bicyclic) bond motifs is 2. The summed E-state index contributed by atoms with van der Waals surface area (Å²) < 4.78 is 15.7. The fraction of sp³-hybridized carbons (Fsp3) is 0.176. The zero-order valence-electron chi connectivity index (χ0n) is 12.9. The largest absolute Gasteiger partial charge is 0.454 e.